The van der Waals surface area contributed by atoms with Crippen molar-refractivity contribution < 1.29 is 4.74 Å². The van der Waals surface area contributed by atoms with Crippen LogP contribution in [0, 0.1) is 0 Å². The molecule has 0 saturated heterocycles. The smallest absolute Gasteiger partial charge is 0.137 e. The number of fused-ring (bicyclic) bond motifs is 1. The monoisotopic (exact) mass is 263 g/mol. The topological polar surface area (TPSA) is 35.2 Å². The molecule has 0 aliphatic carbocycles. The maximum atomic E-state index is 5.61. The fourth-order valence-electron chi connectivity index (χ4n) is 1.43. The summed E-state index contributed by atoms with van der Waals surface area (Å²) in [6.45, 7) is 0.584. The second kappa shape index (κ2) is 4.31. The van der Waals surface area contributed by atoms with Crippen molar-refractivity contribution in [3.8, 4) is 5.75 Å². The van der Waals surface area contributed by atoms with E-state index in [0.717, 1.165) is 16.6 Å². The first-order chi connectivity index (χ1) is 5.81. The highest BCUT2D eigenvalue weighted by Crippen LogP contribution is 2.35. The zero-order valence-electron chi connectivity index (χ0n) is 7.00. The fourth-order valence-corrected chi connectivity index (χ4v) is 1.93. The summed E-state index contributed by atoms with van der Waals surface area (Å²) in [6, 6.07) is 6.08. The van der Waals surface area contributed by atoms with E-state index in [9.17, 15) is 0 Å². The molecule has 2 N–H and O–H groups in total. The van der Waals surface area contributed by atoms with Crippen molar-refractivity contribution >= 4 is 28.3 Å². The van der Waals surface area contributed by atoms with Gasteiger partial charge in [-0.1, -0.05) is 12.1 Å². The summed E-state index contributed by atoms with van der Waals surface area (Å²) >= 11 is 3.44. The maximum Gasteiger partial charge on any atom is 0.137 e. The normalized spacial score (nSPS) is 18.8. The molecule has 0 radical (unpaired) electrons. The van der Waals surface area contributed by atoms with E-state index in [2.05, 4.69) is 22.0 Å². The van der Waals surface area contributed by atoms with Gasteiger partial charge in [-0.05, 0) is 27.6 Å². The number of rotatable bonds is 1. The number of halogens is 2. The Kier molecular flexibility index (Phi) is 3.59. The molecule has 1 aromatic carbocycles. The number of benzene rings is 1. The Morgan fingerprint density at radius 1 is 1.54 bits per heavy atom. The van der Waals surface area contributed by atoms with Gasteiger partial charge in [0.25, 0.3) is 0 Å². The van der Waals surface area contributed by atoms with Crippen molar-refractivity contribution in [3.05, 3.63) is 28.2 Å². The summed E-state index contributed by atoms with van der Waals surface area (Å²) in [5.41, 5.74) is 6.77. The van der Waals surface area contributed by atoms with Crippen molar-refractivity contribution in [1.82, 2.24) is 0 Å². The molecule has 1 aromatic rings. The molecule has 2 nitrogen and oxygen atoms in total. The van der Waals surface area contributed by atoms with E-state index in [0.29, 0.717) is 6.54 Å². The molecular weight excluding hydrogens is 253 g/mol. The number of ether oxygens (including phenoxy) is 1. The Bertz CT molecular complexity index is 306. The van der Waals surface area contributed by atoms with E-state index in [4.69, 9.17) is 10.5 Å². The molecule has 1 aliphatic rings. The van der Waals surface area contributed by atoms with Gasteiger partial charge in [0.2, 0.25) is 0 Å². The van der Waals surface area contributed by atoms with E-state index in [1.807, 2.05) is 12.1 Å². The fraction of sp³-hybridized carbons (Fsp3) is 0.333. The molecule has 0 spiro atoms. The zero-order chi connectivity index (χ0) is 8.55. The van der Waals surface area contributed by atoms with Crippen LogP contribution in [0.1, 0.15) is 5.56 Å². The molecule has 2 rings (SSSR count). The highest BCUT2D eigenvalue weighted by molar-refractivity contribution is 9.10. The predicted molar refractivity (Wildman–Crippen MR) is 58.6 cm³/mol. The van der Waals surface area contributed by atoms with Gasteiger partial charge in [-0.15, -0.1) is 12.4 Å². The molecule has 0 fully saturated rings. The molecule has 1 aliphatic heterocycles. The minimum atomic E-state index is 0. The van der Waals surface area contributed by atoms with Crippen LogP contribution < -0.4 is 10.5 Å². The summed E-state index contributed by atoms with van der Waals surface area (Å²) in [4.78, 5) is 0. The first-order valence-corrected chi connectivity index (χ1v) is 4.74. The predicted octanol–water partition coefficient (Wildman–Crippen LogP) is 2.13. The number of hydrogen-bond donors (Lipinski definition) is 1. The lowest BCUT2D eigenvalue weighted by Gasteiger charge is -2.06. The second-order valence-electron chi connectivity index (χ2n) is 2.91. The third-order valence-corrected chi connectivity index (χ3v) is 2.67. The molecule has 0 aromatic heterocycles. The van der Waals surface area contributed by atoms with E-state index < -0.39 is 0 Å². The molecule has 0 saturated carbocycles. The number of hydrogen-bond acceptors (Lipinski definition) is 2. The average molecular weight is 265 g/mol. The largest absolute Gasteiger partial charge is 0.487 e. The highest BCUT2D eigenvalue weighted by Gasteiger charge is 2.22. The standard InChI is InChI=1S/C9H10BrNO.ClH/c10-8-3-1-2-6-4-7(5-11)12-9(6)8;/h1-3,7H,4-5,11H2;1H. The van der Waals surface area contributed by atoms with E-state index in [1.165, 1.54) is 5.56 Å². The minimum absolute atomic E-state index is 0. The Hall–Kier alpha value is -0.250. The van der Waals surface area contributed by atoms with Gasteiger partial charge < -0.3 is 10.5 Å². The van der Waals surface area contributed by atoms with Crippen molar-refractivity contribution in [2.75, 3.05) is 6.54 Å². The Labute approximate surface area is 92.0 Å². The summed E-state index contributed by atoms with van der Waals surface area (Å²) in [7, 11) is 0. The van der Waals surface area contributed by atoms with E-state index in [1.54, 1.807) is 0 Å². The highest BCUT2D eigenvalue weighted by atomic mass is 79.9. The van der Waals surface area contributed by atoms with Crippen LogP contribution in [0.3, 0.4) is 0 Å². The molecule has 0 amide bonds. The van der Waals surface area contributed by atoms with Crippen LogP contribution in [-0.2, 0) is 6.42 Å². The van der Waals surface area contributed by atoms with Crippen LogP contribution >= 0.6 is 28.3 Å². The molecule has 4 heteroatoms. The van der Waals surface area contributed by atoms with E-state index >= 15 is 0 Å². The average Bonchev–Trinajstić information content (AvgIpc) is 2.49. The third-order valence-electron chi connectivity index (χ3n) is 2.04. The molecule has 13 heavy (non-hydrogen) atoms. The van der Waals surface area contributed by atoms with Gasteiger partial charge in [0.05, 0.1) is 4.47 Å². The molecule has 72 valence electrons. The van der Waals surface area contributed by atoms with Gasteiger partial charge in [-0.25, -0.2) is 0 Å². The van der Waals surface area contributed by atoms with Crippen molar-refractivity contribution in [2.24, 2.45) is 5.73 Å². The maximum absolute atomic E-state index is 5.61. The summed E-state index contributed by atoms with van der Waals surface area (Å²) in [6.07, 6.45) is 1.10. The second-order valence-corrected chi connectivity index (χ2v) is 3.76. The zero-order valence-corrected chi connectivity index (χ0v) is 9.40. The summed E-state index contributed by atoms with van der Waals surface area (Å²) in [5.74, 6) is 0.966. The van der Waals surface area contributed by atoms with Crippen molar-refractivity contribution in [1.29, 1.82) is 0 Å². The number of nitrogens with two attached hydrogens (primary N) is 1. The van der Waals surface area contributed by atoms with Gasteiger partial charge in [0.15, 0.2) is 0 Å². The van der Waals surface area contributed by atoms with E-state index in [-0.39, 0.29) is 18.5 Å². The number of para-hydroxylation sites is 1. The lowest BCUT2D eigenvalue weighted by molar-refractivity contribution is 0.240. The lowest BCUT2D eigenvalue weighted by Crippen LogP contribution is -2.24. The van der Waals surface area contributed by atoms with Crippen LogP contribution in [0.25, 0.3) is 0 Å². The van der Waals surface area contributed by atoms with Gasteiger partial charge in [0, 0.05) is 13.0 Å². The third kappa shape index (κ3) is 1.98. The lowest BCUT2D eigenvalue weighted by atomic mass is 10.1. The molecule has 1 atom stereocenters. The molecular formula is C9H11BrClNO. The first kappa shape index (κ1) is 10.8. The van der Waals surface area contributed by atoms with Gasteiger partial charge in [0.1, 0.15) is 11.9 Å². The Morgan fingerprint density at radius 2 is 2.31 bits per heavy atom. The molecule has 1 heterocycles. The Morgan fingerprint density at radius 3 is 2.92 bits per heavy atom. The Balaban J connectivity index is 0.000000845. The van der Waals surface area contributed by atoms with Crippen molar-refractivity contribution in [3.63, 3.8) is 0 Å². The van der Waals surface area contributed by atoms with Gasteiger partial charge in [-0.3, -0.25) is 0 Å². The van der Waals surface area contributed by atoms with Gasteiger partial charge >= 0.3 is 0 Å². The minimum Gasteiger partial charge on any atom is -0.487 e. The first-order valence-electron chi connectivity index (χ1n) is 3.95. The van der Waals surface area contributed by atoms with Crippen LogP contribution in [0.5, 0.6) is 5.75 Å². The quantitative estimate of drug-likeness (QED) is 0.843. The summed E-state index contributed by atoms with van der Waals surface area (Å²) in [5, 5.41) is 0. The van der Waals surface area contributed by atoms with Crippen LogP contribution in [0.2, 0.25) is 0 Å². The molecule has 0 bridgehead atoms. The molecule has 1 unspecified atom stereocenters. The van der Waals surface area contributed by atoms with Crippen molar-refractivity contribution in [2.45, 2.75) is 12.5 Å². The summed E-state index contributed by atoms with van der Waals surface area (Å²) < 4.78 is 6.64. The van der Waals surface area contributed by atoms with Crippen LogP contribution in [0.4, 0.5) is 0 Å². The SMILES string of the molecule is Cl.NCC1Cc2cccc(Br)c2O1. The van der Waals surface area contributed by atoms with Crippen LogP contribution in [0.15, 0.2) is 22.7 Å². The van der Waals surface area contributed by atoms with Gasteiger partial charge in [-0.2, -0.15) is 0 Å². The van der Waals surface area contributed by atoms with Crippen LogP contribution in [-0.4, -0.2) is 12.6 Å².